The van der Waals surface area contributed by atoms with Gasteiger partial charge in [0.25, 0.3) is 0 Å². The molecule has 0 saturated carbocycles. The summed E-state index contributed by atoms with van der Waals surface area (Å²) in [7, 11) is 0. The molecule has 0 N–H and O–H groups in total. The Balaban J connectivity index is 1.19. The molecule has 3 aliphatic carbocycles. The lowest BCUT2D eigenvalue weighted by atomic mass is 9.81. The van der Waals surface area contributed by atoms with Crippen molar-refractivity contribution in [2.24, 2.45) is 11.8 Å². The van der Waals surface area contributed by atoms with Crippen LogP contribution in [-0.2, 0) is 0 Å². The quantitative estimate of drug-likeness (QED) is 0.188. The van der Waals surface area contributed by atoms with Crippen molar-refractivity contribution in [3.8, 4) is 28.7 Å². The zero-order valence-electron chi connectivity index (χ0n) is 28.7. The molecule has 5 heteroatoms. The van der Waals surface area contributed by atoms with E-state index < -0.39 is 0 Å². The van der Waals surface area contributed by atoms with Gasteiger partial charge in [0.15, 0.2) is 5.82 Å². The number of para-hydroxylation sites is 1. The van der Waals surface area contributed by atoms with Crippen molar-refractivity contribution in [2.75, 3.05) is 4.90 Å². The van der Waals surface area contributed by atoms with Crippen molar-refractivity contribution in [3.63, 3.8) is 0 Å². The SMILES string of the molecule is CC1C=C(N2c3c(c(C4=CC=C(c5cc(-c6ccc(C#N)cc6)nc(-c6ccccc6)n5)CC4C)nc4ccccc34)C3C=CC=CC32)C=CC1. The lowest BCUT2D eigenvalue weighted by molar-refractivity contribution is 0.690. The zero-order valence-corrected chi connectivity index (χ0v) is 28.7. The Bertz CT molecular complexity index is 2420. The van der Waals surface area contributed by atoms with Crippen molar-refractivity contribution >= 4 is 27.7 Å². The molecule has 0 saturated heterocycles. The molecule has 4 atom stereocenters. The van der Waals surface area contributed by atoms with Crippen LogP contribution in [0.1, 0.15) is 55.1 Å². The third kappa shape index (κ3) is 5.45. The largest absolute Gasteiger partial charge is 0.333 e. The number of hydrogen-bond donors (Lipinski definition) is 0. The summed E-state index contributed by atoms with van der Waals surface area (Å²) in [5, 5.41) is 10.6. The maximum absolute atomic E-state index is 9.37. The van der Waals surface area contributed by atoms with Crippen LogP contribution in [-0.4, -0.2) is 21.0 Å². The number of nitrogens with zero attached hydrogens (tertiary/aromatic N) is 5. The molecule has 0 fully saturated rings. The summed E-state index contributed by atoms with van der Waals surface area (Å²) in [6, 6.07) is 30.9. The van der Waals surface area contributed by atoms with Crippen molar-refractivity contribution in [1.29, 1.82) is 5.26 Å². The van der Waals surface area contributed by atoms with Gasteiger partial charge in [0, 0.05) is 33.7 Å². The Morgan fingerprint density at radius 1 is 0.804 bits per heavy atom. The summed E-state index contributed by atoms with van der Waals surface area (Å²) in [5.74, 6) is 1.59. The summed E-state index contributed by atoms with van der Waals surface area (Å²) < 4.78 is 0. The number of benzene rings is 3. The Morgan fingerprint density at radius 2 is 1.59 bits per heavy atom. The second-order valence-corrected chi connectivity index (χ2v) is 14.0. The van der Waals surface area contributed by atoms with Crippen LogP contribution < -0.4 is 4.90 Å². The standard InChI is InChI=1S/C46H37N5/c1-29-11-10-14-35(25-29)51-42-18-9-7-16-38(42)43-44(48-39-17-8-6-15-37(39)45(43)51)36-24-23-34(26-30(36)2)41-27-40(32-21-19-31(28-47)20-22-32)49-46(50-41)33-12-4-3-5-13-33/h3-10,12-25,27,29-30,38,42H,11,26H2,1-2H3. The summed E-state index contributed by atoms with van der Waals surface area (Å²) >= 11 is 0. The fraction of sp³-hybridized carbons (Fsp3) is 0.174. The van der Waals surface area contributed by atoms with Crippen LogP contribution in [0.4, 0.5) is 5.69 Å². The number of nitriles is 1. The minimum absolute atomic E-state index is 0.196. The van der Waals surface area contributed by atoms with Gasteiger partial charge >= 0.3 is 0 Å². The monoisotopic (exact) mass is 659 g/mol. The molecule has 4 aliphatic rings. The smallest absolute Gasteiger partial charge is 0.160 e. The Kier molecular flexibility index (Phi) is 7.66. The van der Waals surface area contributed by atoms with Crippen LogP contribution in [0.2, 0.25) is 0 Å². The van der Waals surface area contributed by atoms with Crippen molar-refractivity contribution in [1.82, 2.24) is 15.0 Å². The molecule has 0 bridgehead atoms. The Morgan fingerprint density at radius 3 is 2.39 bits per heavy atom. The molecule has 0 radical (unpaired) electrons. The van der Waals surface area contributed by atoms with E-state index in [1.54, 1.807) is 0 Å². The molecular formula is C46H37N5. The lowest BCUT2D eigenvalue weighted by Gasteiger charge is -2.31. The first kappa shape index (κ1) is 30.9. The highest BCUT2D eigenvalue weighted by molar-refractivity contribution is 6.00. The van der Waals surface area contributed by atoms with Crippen LogP contribution in [0.3, 0.4) is 0 Å². The third-order valence-corrected chi connectivity index (χ3v) is 10.6. The highest BCUT2D eigenvalue weighted by Gasteiger charge is 2.42. The third-order valence-electron chi connectivity index (χ3n) is 10.6. The van der Waals surface area contributed by atoms with Crippen LogP contribution in [0.25, 0.3) is 44.7 Å². The molecule has 246 valence electrons. The normalized spacial score (nSPS) is 21.8. The molecule has 0 amide bonds. The molecule has 0 spiro atoms. The number of fused-ring (bicyclic) bond motifs is 5. The topological polar surface area (TPSA) is 65.7 Å². The fourth-order valence-electron chi connectivity index (χ4n) is 8.10. The number of allylic oxidation sites excluding steroid dienone is 9. The number of aromatic nitrogens is 3. The molecule has 5 nitrogen and oxygen atoms in total. The molecule has 3 aromatic carbocycles. The van der Waals surface area contributed by atoms with Crippen LogP contribution in [0.5, 0.6) is 0 Å². The fourth-order valence-corrected chi connectivity index (χ4v) is 8.10. The predicted octanol–water partition coefficient (Wildman–Crippen LogP) is 10.6. The first-order chi connectivity index (χ1) is 25.1. The Labute approximate surface area is 299 Å². The molecule has 1 aliphatic heterocycles. The first-order valence-corrected chi connectivity index (χ1v) is 17.9. The summed E-state index contributed by atoms with van der Waals surface area (Å²) in [5.41, 5.74) is 12.7. The first-order valence-electron chi connectivity index (χ1n) is 17.9. The number of rotatable bonds is 5. The van der Waals surface area contributed by atoms with Gasteiger partial charge in [-0.2, -0.15) is 5.26 Å². The predicted molar refractivity (Wildman–Crippen MR) is 207 cm³/mol. The average molecular weight is 660 g/mol. The highest BCUT2D eigenvalue weighted by atomic mass is 15.2. The second-order valence-electron chi connectivity index (χ2n) is 14.0. The minimum atomic E-state index is 0.196. The molecule has 3 heterocycles. The van der Waals surface area contributed by atoms with Gasteiger partial charge in [0.1, 0.15) is 0 Å². The van der Waals surface area contributed by atoms with E-state index >= 15 is 0 Å². The van der Waals surface area contributed by atoms with Crippen LogP contribution in [0.15, 0.2) is 145 Å². The molecule has 9 rings (SSSR count). The summed E-state index contributed by atoms with van der Waals surface area (Å²) in [6.07, 6.45) is 22.6. The highest BCUT2D eigenvalue weighted by Crippen LogP contribution is 2.53. The van der Waals surface area contributed by atoms with Crippen LogP contribution in [0, 0.1) is 23.2 Å². The van der Waals surface area contributed by atoms with Gasteiger partial charge in [0.05, 0.1) is 46.0 Å². The van der Waals surface area contributed by atoms with Gasteiger partial charge in [-0.3, -0.25) is 0 Å². The van der Waals surface area contributed by atoms with E-state index in [4.69, 9.17) is 15.0 Å². The number of pyridine rings is 1. The van der Waals surface area contributed by atoms with Gasteiger partial charge in [-0.05, 0) is 66.2 Å². The van der Waals surface area contributed by atoms with Gasteiger partial charge < -0.3 is 4.90 Å². The van der Waals surface area contributed by atoms with Crippen molar-refractivity contribution in [3.05, 3.63) is 168 Å². The average Bonchev–Trinajstić information content (AvgIpc) is 3.53. The van der Waals surface area contributed by atoms with Gasteiger partial charge in [-0.25, -0.2) is 15.0 Å². The molecule has 4 unspecified atom stereocenters. The van der Waals surface area contributed by atoms with Gasteiger partial charge in [-0.1, -0.05) is 123 Å². The van der Waals surface area contributed by atoms with Crippen molar-refractivity contribution < 1.29 is 0 Å². The molecular weight excluding hydrogens is 623 g/mol. The number of anilines is 1. The second kappa shape index (κ2) is 12.6. The summed E-state index contributed by atoms with van der Waals surface area (Å²) in [6.45, 7) is 4.62. The van der Waals surface area contributed by atoms with E-state index in [9.17, 15) is 5.26 Å². The van der Waals surface area contributed by atoms with Crippen LogP contribution >= 0.6 is 0 Å². The van der Waals surface area contributed by atoms with E-state index in [2.05, 4.69) is 122 Å². The number of hydrogen-bond acceptors (Lipinski definition) is 5. The zero-order chi connectivity index (χ0) is 34.5. The molecule has 5 aromatic rings. The maximum Gasteiger partial charge on any atom is 0.160 e. The van der Waals surface area contributed by atoms with Crippen molar-refractivity contribution in [2.45, 2.75) is 38.6 Å². The Hall–Kier alpha value is -6.12. The lowest BCUT2D eigenvalue weighted by Crippen LogP contribution is -2.32. The van der Waals surface area contributed by atoms with Gasteiger partial charge in [0.2, 0.25) is 0 Å². The molecule has 51 heavy (non-hydrogen) atoms. The van der Waals surface area contributed by atoms with E-state index in [0.717, 1.165) is 46.6 Å². The summed E-state index contributed by atoms with van der Waals surface area (Å²) in [4.78, 5) is 18.1. The maximum atomic E-state index is 9.37. The van der Waals surface area contributed by atoms with E-state index in [0.29, 0.717) is 17.3 Å². The van der Waals surface area contributed by atoms with E-state index in [1.807, 2.05) is 42.5 Å². The minimum Gasteiger partial charge on any atom is -0.333 e. The van der Waals surface area contributed by atoms with E-state index in [-0.39, 0.29) is 17.9 Å². The van der Waals surface area contributed by atoms with Gasteiger partial charge in [-0.15, -0.1) is 0 Å². The molecule has 2 aromatic heterocycles. The van der Waals surface area contributed by atoms with E-state index in [1.165, 1.54) is 33.5 Å².